The van der Waals surface area contributed by atoms with Crippen LogP contribution in [0.2, 0.25) is 0 Å². The summed E-state index contributed by atoms with van der Waals surface area (Å²) in [6.07, 6.45) is 6.43. The van der Waals surface area contributed by atoms with Gasteiger partial charge in [0, 0.05) is 5.92 Å². The van der Waals surface area contributed by atoms with Crippen molar-refractivity contribution >= 4 is 0 Å². The van der Waals surface area contributed by atoms with E-state index in [2.05, 4.69) is 25.2 Å². The molecule has 0 aromatic rings. The molecule has 1 aliphatic rings. The van der Waals surface area contributed by atoms with Crippen LogP contribution in [0.1, 0.15) is 13.8 Å². The molecular formula is C9H14O. The number of ether oxygens (including phenoxy) is 1. The number of rotatable bonds is 1. The van der Waals surface area contributed by atoms with E-state index in [-0.39, 0.29) is 0 Å². The van der Waals surface area contributed by atoms with Gasteiger partial charge < -0.3 is 4.74 Å². The second-order valence-corrected chi connectivity index (χ2v) is 2.51. The van der Waals surface area contributed by atoms with Crippen LogP contribution < -0.4 is 0 Å². The van der Waals surface area contributed by atoms with Gasteiger partial charge in [0.15, 0.2) is 0 Å². The van der Waals surface area contributed by atoms with Crippen molar-refractivity contribution in [3.05, 3.63) is 23.8 Å². The Kier molecular flexibility index (Phi) is 2.69. The summed E-state index contributed by atoms with van der Waals surface area (Å²) in [6.45, 7) is 5.81. The van der Waals surface area contributed by atoms with Crippen LogP contribution in [0.4, 0.5) is 0 Å². The zero-order valence-electron chi connectivity index (χ0n) is 6.63. The van der Waals surface area contributed by atoms with Crippen LogP contribution in [0.5, 0.6) is 0 Å². The summed E-state index contributed by atoms with van der Waals surface area (Å²) < 4.78 is 5.29. The molecule has 1 fully saturated rings. The number of hydrogen-bond acceptors (Lipinski definition) is 1. The van der Waals surface area contributed by atoms with E-state index < -0.39 is 0 Å². The second kappa shape index (κ2) is 3.57. The van der Waals surface area contributed by atoms with E-state index in [1.165, 1.54) is 5.57 Å². The fourth-order valence-electron chi connectivity index (χ4n) is 1.23. The molecule has 1 rings (SSSR count). The summed E-state index contributed by atoms with van der Waals surface area (Å²) in [5.41, 5.74) is 1.41. The maximum Gasteiger partial charge on any atom is 0.0683 e. The first-order chi connectivity index (χ1) is 4.88. The number of allylic oxidation sites excluding steroid dienone is 2. The lowest BCUT2D eigenvalue weighted by Gasteiger charge is -2.00. The molecule has 1 heterocycles. The van der Waals surface area contributed by atoms with Crippen LogP contribution in [0.3, 0.4) is 0 Å². The van der Waals surface area contributed by atoms with Gasteiger partial charge in [0.2, 0.25) is 0 Å². The molecule has 1 nitrogen and oxygen atoms in total. The molecule has 1 unspecified atom stereocenters. The Bertz CT molecular complexity index is 156. The van der Waals surface area contributed by atoms with Gasteiger partial charge in [-0.1, -0.05) is 18.2 Å². The van der Waals surface area contributed by atoms with E-state index in [0.29, 0.717) is 5.92 Å². The van der Waals surface area contributed by atoms with Crippen molar-refractivity contribution in [1.29, 1.82) is 0 Å². The Morgan fingerprint density at radius 1 is 1.50 bits per heavy atom. The zero-order valence-corrected chi connectivity index (χ0v) is 6.63. The van der Waals surface area contributed by atoms with Crippen molar-refractivity contribution < 1.29 is 4.74 Å². The molecule has 0 N–H and O–H groups in total. The summed E-state index contributed by atoms with van der Waals surface area (Å²) >= 11 is 0. The lowest BCUT2D eigenvalue weighted by atomic mass is 10.0. The highest BCUT2D eigenvalue weighted by Gasteiger charge is 2.16. The third kappa shape index (κ3) is 1.48. The standard InChI is InChI=1S/C9H14O/c1-3-5-9-7-10-6-8(9)4-2/h3-5,9H,6-7H2,1-2H3/b5-3+,8-4+. The van der Waals surface area contributed by atoms with Crippen molar-refractivity contribution in [2.24, 2.45) is 5.92 Å². The quantitative estimate of drug-likeness (QED) is 0.504. The summed E-state index contributed by atoms with van der Waals surface area (Å²) in [4.78, 5) is 0. The smallest absolute Gasteiger partial charge is 0.0683 e. The Morgan fingerprint density at radius 2 is 2.30 bits per heavy atom. The normalized spacial score (nSPS) is 30.6. The summed E-state index contributed by atoms with van der Waals surface area (Å²) in [6, 6.07) is 0. The van der Waals surface area contributed by atoms with Crippen molar-refractivity contribution in [3.8, 4) is 0 Å². The van der Waals surface area contributed by atoms with Crippen LogP contribution in [0.25, 0.3) is 0 Å². The van der Waals surface area contributed by atoms with Crippen LogP contribution >= 0.6 is 0 Å². The summed E-state index contributed by atoms with van der Waals surface area (Å²) in [5, 5.41) is 0. The van der Waals surface area contributed by atoms with E-state index in [1.54, 1.807) is 0 Å². The highest BCUT2D eigenvalue weighted by Crippen LogP contribution is 2.20. The first-order valence-electron chi connectivity index (χ1n) is 3.74. The highest BCUT2D eigenvalue weighted by molar-refractivity contribution is 5.16. The van der Waals surface area contributed by atoms with Gasteiger partial charge in [0.1, 0.15) is 0 Å². The molecule has 0 spiro atoms. The molecule has 0 saturated carbocycles. The Balaban J connectivity index is 2.59. The van der Waals surface area contributed by atoms with E-state index in [1.807, 2.05) is 6.92 Å². The van der Waals surface area contributed by atoms with E-state index in [4.69, 9.17) is 4.74 Å². The Hall–Kier alpha value is -0.560. The van der Waals surface area contributed by atoms with Gasteiger partial charge in [-0.3, -0.25) is 0 Å². The van der Waals surface area contributed by atoms with Crippen LogP contribution in [0.15, 0.2) is 23.8 Å². The fourth-order valence-corrected chi connectivity index (χ4v) is 1.23. The van der Waals surface area contributed by atoms with Gasteiger partial charge >= 0.3 is 0 Å². The van der Waals surface area contributed by atoms with Gasteiger partial charge in [-0.25, -0.2) is 0 Å². The molecule has 0 aromatic heterocycles. The van der Waals surface area contributed by atoms with Crippen molar-refractivity contribution in [2.45, 2.75) is 13.8 Å². The molecule has 0 radical (unpaired) electrons. The molecule has 1 saturated heterocycles. The van der Waals surface area contributed by atoms with E-state index in [0.717, 1.165) is 13.2 Å². The van der Waals surface area contributed by atoms with Crippen molar-refractivity contribution in [2.75, 3.05) is 13.2 Å². The van der Waals surface area contributed by atoms with Crippen LogP contribution in [-0.2, 0) is 4.74 Å². The molecule has 1 heteroatoms. The largest absolute Gasteiger partial charge is 0.376 e. The van der Waals surface area contributed by atoms with E-state index >= 15 is 0 Å². The average molecular weight is 138 g/mol. The Labute approximate surface area is 62.4 Å². The van der Waals surface area contributed by atoms with Crippen molar-refractivity contribution in [3.63, 3.8) is 0 Å². The minimum atomic E-state index is 0.551. The first kappa shape index (κ1) is 7.55. The minimum Gasteiger partial charge on any atom is -0.376 e. The topological polar surface area (TPSA) is 9.23 Å². The Morgan fingerprint density at radius 3 is 2.90 bits per heavy atom. The van der Waals surface area contributed by atoms with Crippen LogP contribution in [0, 0.1) is 5.92 Å². The third-order valence-corrected chi connectivity index (χ3v) is 1.84. The van der Waals surface area contributed by atoms with Gasteiger partial charge in [0.25, 0.3) is 0 Å². The van der Waals surface area contributed by atoms with Crippen LogP contribution in [-0.4, -0.2) is 13.2 Å². The highest BCUT2D eigenvalue weighted by atomic mass is 16.5. The van der Waals surface area contributed by atoms with Crippen molar-refractivity contribution in [1.82, 2.24) is 0 Å². The zero-order chi connectivity index (χ0) is 7.40. The van der Waals surface area contributed by atoms with Gasteiger partial charge in [-0.05, 0) is 19.4 Å². The number of hydrogen-bond donors (Lipinski definition) is 0. The molecule has 0 aliphatic carbocycles. The maximum absolute atomic E-state index is 5.29. The lowest BCUT2D eigenvalue weighted by molar-refractivity contribution is 0.195. The molecule has 0 aromatic carbocycles. The molecular weight excluding hydrogens is 124 g/mol. The molecule has 0 amide bonds. The minimum absolute atomic E-state index is 0.551. The second-order valence-electron chi connectivity index (χ2n) is 2.51. The molecule has 0 bridgehead atoms. The first-order valence-corrected chi connectivity index (χ1v) is 3.74. The lowest BCUT2D eigenvalue weighted by Crippen LogP contribution is -1.96. The third-order valence-electron chi connectivity index (χ3n) is 1.84. The van der Waals surface area contributed by atoms with Gasteiger partial charge in [0.05, 0.1) is 13.2 Å². The predicted molar refractivity (Wildman–Crippen MR) is 42.9 cm³/mol. The average Bonchev–Trinajstić information content (AvgIpc) is 2.36. The van der Waals surface area contributed by atoms with Gasteiger partial charge in [-0.15, -0.1) is 0 Å². The monoisotopic (exact) mass is 138 g/mol. The van der Waals surface area contributed by atoms with Gasteiger partial charge in [-0.2, -0.15) is 0 Å². The maximum atomic E-state index is 5.29. The summed E-state index contributed by atoms with van der Waals surface area (Å²) in [7, 11) is 0. The summed E-state index contributed by atoms with van der Waals surface area (Å²) in [5.74, 6) is 0.551. The van der Waals surface area contributed by atoms with E-state index in [9.17, 15) is 0 Å². The molecule has 1 aliphatic heterocycles. The molecule has 1 atom stereocenters. The SMILES string of the molecule is C/C=C1\COCC1/C=C/C. The molecule has 10 heavy (non-hydrogen) atoms. The fraction of sp³-hybridized carbons (Fsp3) is 0.556. The molecule has 56 valence electrons. The predicted octanol–water partition coefficient (Wildman–Crippen LogP) is 2.16.